The Bertz CT molecular complexity index is 523. The van der Waals surface area contributed by atoms with Crippen LogP contribution in [-0.2, 0) is 0 Å². The third-order valence-corrected chi connectivity index (χ3v) is 3.66. The maximum Gasteiger partial charge on any atom is 0.301 e. The fraction of sp³-hybridized carbons (Fsp3) is 0. The minimum Gasteiger partial charge on any atom is -0.392 e. The lowest BCUT2D eigenvalue weighted by Gasteiger charge is -2.01. The highest BCUT2D eigenvalue weighted by atomic mass is 127. The minimum absolute atomic E-state index is 0.0214. The van der Waals surface area contributed by atoms with Crippen LogP contribution < -0.4 is 5.73 Å². The summed E-state index contributed by atoms with van der Waals surface area (Å²) in [6, 6.07) is 3.59. The summed E-state index contributed by atoms with van der Waals surface area (Å²) < 4.78 is 1.62. The first kappa shape index (κ1) is 9.66. The molecule has 6 heteroatoms. The van der Waals surface area contributed by atoms with Gasteiger partial charge in [0.25, 0.3) is 0 Å². The van der Waals surface area contributed by atoms with Gasteiger partial charge in [-0.15, -0.1) is 11.3 Å². The molecule has 0 atom stereocenters. The smallest absolute Gasteiger partial charge is 0.301 e. The highest BCUT2D eigenvalue weighted by molar-refractivity contribution is 14.1. The number of nitrogens with zero attached hydrogens (tertiary/aromatic N) is 1. The number of thiophene rings is 1. The highest BCUT2D eigenvalue weighted by Gasteiger charge is 2.19. The minimum atomic E-state index is -0.424. The first-order chi connectivity index (χ1) is 6.61. The van der Waals surface area contributed by atoms with Crippen molar-refractivity contribution in [2.24, 2.45) is 0 Å². The molecule has 0 aliphatic carbocycles. The number of halogens is 1. The molecule has 1 heterocycles. The molecule has 4 nitrogen and oxygen atoms in total. The monoisotopic (exact) mass is 320 g/mol. The number of hydrogen-bond acceptors (Lipinski definition) is 4. The zero-order valence-corrected chi connectivity index (χ0v) is 9.83. The average Bonchev–Trinajstić information content (AvgIpc) is 2.52. The van der Waals surface area contributed by atoms with E-state index in [2.05, 4.69) is 0 Å². The third kappa shape index (κ3) is 1.34. The molecule has 1 aromatic carbocycles. The largest absolute Gasteiger partial charge is 0.392 e. The van der Waals surface area contributed by atoms with E-state index >= 15 is 0 Å². The maximum atomic E-state index is 10.8. The number of anilines is 1. The molecule has 2 N–H and O–H groups in total. The Hall–Kier alpha value is -0.890. The van der Waals surface area contributed by atoms with E-state index < -0.39 is 4.92 Å². The van der Waals surface area contributed by atoms with Gasteiger partial charge in [-0.1, -0.05) is 0 Å². The number of hydrogen-bond donors (Lipinski definition) is 1. The van der Waals surface area contributed by atoms with Gasteiger partial charge >= 0.3 is 5.69 Å². The Morgan fingerprint density at radius 3 is 2.93 bits per heavy atom. The number of nitrogen functional groups attached to an aromatic ring is 1. The van der Waals surface area contributed by atoms with Gasteiger partial charge in [-0.05, 0) is 40.1 Å². The Morgan fingerprint density at radius 1 is 1.57 bits per heavy atom. The standard InChI is InChI=1S/C8H5IN2O2S/c9-5-3-6-4(1-2-14-6)8(7(5)10)11(12)13/h1-3H,10H2. The number of nitrogens with two attached hydrogens (primary N) is 1. The van der Waals surface area contributed by atoms with E-state index in [1.165, 1.54) is 11.3 Å². The van der Waals surface area contributed by atoms with Crippen LogP contribution in [0.25, 0.3) is 10.1 Å². The van der Waals surface area contributed by atoms with Crippen molar-refractivity contribution in [3.63, 3.8) is 0 Å². The van der Waals surface area contributed by atoms with E-state index in [0.29, 0.717) is 5.39 Å². The number of fused-ring (bicyclic) bond motifs is 1. The molecule has 0 amide bonds. The van der Waals surface area contributed by atoms with E-state index in [-0.39, 0.29) is 11.4 Å². The van der Waals surface area contributed by atoms with Gasteiger partial charge in [-0.3, -0.25) is 10.1 Å². The molecule has 72 valence electrons. The molecule has 0 unspecified atom stereocenters. The second-order valence-electron chi connectivity index (χ2n) is 2.71. The summed E-state index contributed by atoms with van der Waals surface area (Å²) >= 11 is 3.48. The Kier molecular flexibility index (Phi) is 2.31. The Labute approximate surface area is 97.0 Å². The summed E-state index contributed by atoms with van der Waals surface area (Å²) in [4.78, 5) is 10.4. The number of nitro benzene ring substituents is 1. The van der Waals surface area contributed by atoms with Crippen LogP contribution in [0.1, 0.15) is 0 Å². The highest BCUT2D eigenvalue weighted by Crippen LogP contribution is 2.37. The Morgan fingerprint density at radius 2 is 2.29 bits per heavy atom. The summed E-state index contributed by atoms with van der Waals surface area (Å²) in [6.07, 6.45) is 0. The molecule has 0 saturated heterocycles. The zero-order chi connectivity index (χ0) is 10.3. The van der Waals surface area contributed by atoms with Crippen molar-refractivity contribution in [2.45, 2.75) is 0 Å². The summed E-state index contributed by atoms with van der Waals surface area (Å²) in [6.45, 7) is 0. The SMILES string of the molecule is Nc1c(I)cc2sccc2c1[N+](=O)[O-]. The van der Waals surface area contributed by atoms with E-state index in [1.807, 2.05) is 34.0 Å². The second-order valence-corrected chi connectivity index (χ2v) is 4.82. The maximum absolute atomic E-state index is 10.8. The molecule has 14 heavy (non-hydrogen) atoms. The van der Waals surface area contributed by atoms with Crippen molar-refractivity contribution in [3.8, 4) is 0 Å². The molecule has 0 fully saturated rings. The van der Waals surface area contributed by atoms with Crippen molar-refractivity contribution >= 4 is 55.4 Å². The Balaban J connectivity index is 2.93. The van der Waals surface area contributed by atoms with Crippen molar-refractivity contribution < 1.29 is 4.92 Å². The van der Waals surface area contributed by atoms with E-state index in [9.17, 15) is 10.1 Å². The summed E-state index contributed by atoms with van der Waals surface area (Å²) in [5.41, 5.74) is 5.94. The molecule has 0 spiro atoms. The predicted molar refractivity (Wildman–Crippen MR) is 65.6 cm³/mol. The van der Waals surface area contributed by atoms with E-state index in [1.54, 1.807) is 6.07 Å². The van der Waals surface area contributed by atoms with Gasteiger partial charge in [-0.25, -0.2) is 0 Å². The molecule has 2 aromatic rings. The predicted octanol–water partition coefficient (Wildman–Crippen LogP) is 3.00. The van der Waals surface area contributed by atoms with Gasteiger partial charge in [-0.2, -0.15) is 0 Å². The van der Waals surface area contributed by atoms with Crippen LogP contribution in [0.5, 0.6) is 0 Å². The summed E-state index contributed by atoms with van der Waals surface area (Å²) in [7, 11) is 0. The molecule has 0 aliphatic rings. The van der Waals surface area contributed by atoms with Crippen LogP contribution in [0.3, 0.4) is 0 Å². The first-order valence-electron chi connectivity index (χ1n) is 3.71. The fourth-order valence-electron chi connectivity index (χ4n) is 1.28. The van der Waals surface area contributed by atoms with Crippen LogP contribution in [-0.4, -0.2) is 4.92 Å². The molecule has 0 saturated carbocycles. The van der Waals surface area contributed by atoms with Crippen molar-refractivity contribution in [1.82, 2.24) is 0 Å². The van der Waals surface area contributed by atoms with Gasteiger partial charge in [0.05, 0.1) is 10.3 Å². The lowest BCUT2D eigenvalue weighted by atomic mass is 10.2. The first-order valence-corrected chi connectivity index (χ1v) is 5.66. The second kappa shape index (κ2) is 3.35. The molecule has 0 aliphatic heterocycles. The molecule has 2 rings (SSSR count). The van der Waals surface area contributed by atoms with Crippen molar-refractivity contribution in [2.75, 3.05) is 5.73 Å². The van der Waals surface area contributed by atoms with Crippen LogP contribution in [0.2, 0.25) is 0 Å². The van der Waals surface area contributed by atoms with Gasteiger partial charge in [0.1, 0.15) is 5.69 Å². The topological polar surface area (TPSA) is 69.2 Å². The lowest BCUT2D eigenvalue weighted by Crippen LogP contribution is -1.98. The number of nitro groups is 1. The van der Waals surface area contributed by atoms with E-state index in [4.69, 9.17) is 5.73 Å². The average molecular weight is 320 g/mol. The fourth-order valence-corrected chi connectivity index (χ4v) is 2.88. The quantitative estimate of drug-likeness (QED) is 0.380. The van der Waals surface area contributed by atoms with Crippen LogP contribution >= 0.6 is 33.9 Å². The van der Waals surface area contributed by atoms with Crippen LogP contribution in [0.4, 0.5) is 11.4 Å². The number of benzene rings is 1. The summed E-state index contributed by atoms with van der Waals surface area (Å²) in [5, 5.41) is 13.3. The van der Waals surface area contributed by atoms with Gasteiger partial charge < -0.3 is 5.73 Å². The summed E-state index contributed by atoms with van der Waals surface area (Å²) in [5.74, 6) is 0. The van der Waals surface area contributed by atoms with Crippen LogP contribution in [0, 0.1) is 13.7 Å². The zero-order valence-electron chi connectivity index (χ0n) is 6.86. The molecule has 1 aromatic heterocycles. The van der Waals surface area contributed by atoms with Gasteiger partial charge in [0.15, 0.2) is 0 Å². The number of rotatable bonds is 1. The molecular formula is C8H5IN2O2S. The van der Waals surface area contributed by atoms with Crippen molar-refractivity contribution in [3.05, 3.63) is 31.2 Å². The molecule has 0 radical (unpaired) electrons. The molecular weight excluding hydrogens is 315 g/mol. The molecule has 0 bridgehead atoms. The van der Waals surface area contributed by atoms with Gasteiger partial charge in [0, 0.05) is 8.27 Å². The van der Waals surface area contributed by atoms with Crippen molar-refractivity contribution in [1.29, 1.82) is 0 Å². The van der Waals surface area contributed by atoms with Crippen LogP contribution in [0.15, 0.2) is 17.5 Å². The van der Waals surface area contributed by atoms with Gasteiger partial charge in [0.2, 0.25) is 0 Å². The lowest BCUT2D eigenvalue weighted by molar-refractivity contribution is -0.382. The van der Waals surface area contributed by atoms with E-state index in [0.717, 1.165) is 8.27 Å². The normalized spacial score (nSPS) is 10.6. The third-order valence-electron chi connectivity index (χ3n) is 1.90.